The highest BCUT2D eigenvalue weighted by Crippen LogP contribution is 2.32. The summed E-state index contributed by atoms with van der Waals surface area (Å²) in [6.07, 6.45) is 6.67. The van der Waals surface area contributed by atoms with Crippen molar-refractivity contribution in [3.8, 4) is 5.75 Å². The normalized spacial score (nSPS) is 19.7. The summed E-state index contributed by atoms with van der Waals surface area (Å²) in [6, 6.07) is 11.7. The fourth-order valence-corrected chi connectivity index (χ4v) is 4.55. The van der Waals surface area contributed by atoms with E-state index in [2.05, 4.69) is 11.8 Å². The van der Waals surface area contributed by atoms with Crippen LogP contribution in [0.25, 0.3) is 11.0 Å². The van der Waals surface area contributed by atoms with Gasteiger partial charge in [0.15, 0.2) is 0 Å². The maximum absolute atomic E-state index is 12.2. The van der Waals surface area contributed by atoms with Gasteiger partial charge in [0.25, 0.3) is 0 Å². The Bertz CT molecular complexity index is 992. The van der Waals surface area contributed by atoms with E-state index in [0.29, 0.717) is 30.7 Å². The monoisotopic (exact) mass is 395 g/mol. The van der Waals surface area contributed by atoms with Gasteiger partial charge >= 0.3 is 5.63 Å². The van der Waals surface area contributed by atoms with E-state index in [0.717, 1.165) is 29.0 Å². The minimum atomic E-state index is -0.314. The van der Waals surface area contributed by atoms with Gasteiger partial charge < -0.3 is 13.6 Å². The summed E-state index contributed by atoms with van der Waals surface area (Å²) in [5.74, 6) is 2.35. The molecule has 1 aliphatic rings. The number of hydrogen-bond donors (Lipinski definition) is 0. The molecule has 0 radical (unpaired) electrons. The van der Waals surface area contributed by atoms with Crippen LogP contribution in [0, 0.1) is 5.92 Å². The lowest BCUT2D eigenvalue weighted by Gasteiger charge is -2.38. The Morgan fingerprint density at radius 3 is 2.76 bits per heavy atom. The molecular formula is C24H29NO4. The lowest BCUT2D eigenvalue weighted by atomic mass is 9.84. The zero-order chi connectivity index (χ0) is 20.2. The Morgan fingerprint density at radius 1 is 1.14 bits per heavy atom. The fourth-order valence-electron chi connectivity index (χ4n) is 4.55. The van der Waals surface area contributed by atoms with E-state index >= 15 is 0 Å². The zero-order valence-corrected chi connectivity index (χ0v) is 17.2. The summed E-state index contributed by atoms with van der Waals surface area (Å²) in [5.41, 5.74) is 1.26. The van der Waals surface area contributed by atoms with Crippen molar-refractivity contribution < 1.29 is 13.6 Å². The van der Waals surface area contributed by atoms with Crippen molar-refractivity contribution in [2.75, 3.05) is 6.61 Å². The molecule has 1 aromatic carbocycles. The topological polar surface area (TPSA) is 55.8 Å². The summed E-state index contributed by atoms with van der Waals surface area (Å²) in [7, 11) is 0. The van der Waals surface area contributed by atoms with E-state index in [9.17, 15) is 4.79 Å². The van der Waals surface area contributed by atoms with Crippen LogP contribution >= 0.6 is 0 Å². The van der Waals surface area contributed by atoms with Gasteiger partial charge in [-0.2, -0.15) is 0 Å². The Labute approximate surface area is 171 Å². The number of rotatable bonds is 7. The van der Waals surface area contributed by atoms with Crippen LogP contribution in [0.3, 0.4) is 0 Å². The molecule has 29 heavy (non-hydrogen) atoms. The molecule has 2 heterocycles. The van der Waals surface area contributed by atoms with Crippen LogP contribution in [0.15, 0.2) is 56.3 Å². The molecule has 154 valence electrons. The highest BCUT2D eigenvalue weighted by Gasteiger charge is 2.28. The number of nitrogens with zero attached hydrogens (tertiary/aromatic N) is 1. The third-order valence-corrected chi connectivity index (χ3v) is 5.96. The maximum Gasteiger partial charge on any atom is 0.336 e. The number of fused-ring (bicyclic) bond motifs is 1. The number of hydrogen-bond acceptors (Lipinski definition) is 5. The molecule has 0 aliphatic heterocycles. The van der Waals surface area contributed by atoms with Crippen molar-refractivity contribution in [1.82, 2.24) is 4.90 Å². The summed E-state index contributed by atoms with van der Waals surface area (Å²) in [4.78, 5) is 14.7. The van der Waals surface area contributed by atoms with Crippen LogP contribution in [0.5, 0.6) is 5.75 Å². The molecular weight excluding hydrogens is 366 g/mol. The molecule has 0 saturated heterocycles. The van der Waals surface area contributed by atoms with Gasteiger partial charge in [-0.3, -0.25) is 4.90 Å². The molecule has 1 saturated carbocycles. The van der Waals surface area contributed by atoms with Crippen molar-refractivity contribution in [3.63, 3.8) is 0 Å². The van der Waals surface area contributed by atoms with Crippen molar-refractivity contribution >= 4 is 11.0 Å². The smallest absolute Gasteiger partial charge is 0.336 e. The molecule has 0 spiro atoms. The molecule has 4 rings (SSSR count). The third-order valence-electron chi connectivity index (χ3n) is 5.96. The first-order chi connectivity index (χ1) is 14.1. The molecule has 5 heteroatoms. The number of ether oxygens (including phenoxy) is 1. The molecule has 5 nitrogen and oxygen atoms in total. The molecule has 3 aromatic rings. The summed E-state index contributed by atoms with van der Waals surface area (Å²) < 4.78 is 16.8. The second kappa shape index (κ2) is 8.87. The molecule has 0 unspecified atom stereocenters. The van der Waals surface area contributed by atoms with E-state index in [1.165, 1.54) is 25.7 Å². The van der Waals surface area contributed by atoms with Crippen molar-refractivity contribution in [2.24, 2.45) is 5.92 Å². The minimum Gasteiger partial charge on any atom is -0.494 e. The van der Waals surface area contributed by atoms with Crippen LogP contribution in [0.4, 0.5) is 0 Å². The standard InChI is InChI=1S/C24H29NO4/c1-3-27-19-10-11-23-21(14-19)18(13-24(26)29-23)15-25(16-20-8-6-12-28-20)22-9-5-4-7-17(22)2/h6,8,10-14,17,22H,3-5,7,9,15-16H2,1-2H3/t17-,22-/m0/s1. The van der Waals surface area contributed by atoms with Crippen LogP contribution in [-0.4, -0.2) is 17.5 Å². The van der Waals surface area contributed by atoms with E-state index in [4.69, 9.17) is 13.6 Å². The number of furan rings is 1. The van der Waals surface area contributed by atoms with Gasteiger partial charge in [0.1, 0.15) is 17.1 Å². The summed E-state index contributed by atoms with van der Waals surface area (Å²) in [5, 5.41) is 0.934. The summed E-state index contributed by atoms with van der Waals surface area (Å²) in [6.45, 7) is 6.31. The van der Waals surface area contributed by atoms with Crippen molar-refractivity contribution in [1.29, 1.82) is 0 Å². The first-order valence-electron chi connectivity index (χ1n) is 10.6. The van der Waals surface area contributed by atoms with Gasteiger partial charge in [0, 0.05) is 24.0 Å². The average Bonchev–Trinajstić information content (AvgIpc) is 3.21. The predicted molar refractivity (Wildman–Crippen MR) is 113 cm³/mol. The number of benzene rings is 1. The molecule has 0 N–H and O–H groups in total. The van der Waals surface area contributed by atoms with Gasteiger partial charge in [0.2, 0.25) is 0 Å². The van der Waals surface area contributed by atoms with E-state index in [1.807, 2.05) is 37.3 Å². The highest BCUT2D eigenvalue weighted by molar-refractivity contribution is 5.81. The lowest BCUT2D eigenvalue weighted by Crippen LogP contribution is -2.40. The molecule has 1 aliphatic carbocycles. The fraction of sp³-hybridized carbons (Fsp3) is 0.458. The van der Waals surface area contributed by atoms with Gasteiger partial charge in [-0.05, 0) is 61.6 Å². The van der Waals surface area contributed by atoms with Crippen LogP contribution in [-0.2, 0) is 13.1 Å². The second-order valence-corrected chi connectivity index (χ2v) is 8.00. The Hall–Kier alpha value is -2.53. The third kappa shape index (κ3) is 4.56. The molecule has 1 fully saturated rings. The quantitative estimate of drug-likeness (QED) is 0.504. The first-order valence-corrected chi connectivity index (χ1v) is 10.6. The summed E-state index contributed by atoms with van der Waals surface area (Å²) >= 11 is 0. The molecule has 2 atom stereocenters. The lowest BCUT2D eigenvalue weighted by molar-refractivity contribution is 0.0903. The Kier molecular flexibility index (Phi) is 6.05. The van der Waals surface area contributed by atoms with E-state index in [1.54, 1.807) is 12.3 Å². The average molecular weight is 395 g/mol. The van der Waals surface area contributed by atoms with Crippen LogP contribution in [0.1, 0.15) is 50.9 Å². The van der Waals surface area contributed by atoms with Gasteiger partial charge in [-0.1, -0.05) is 19.8 Å². The SMILES string of the molecule is CCOc1ccc2oc(=O)cc(CN(Cc3ccco3)[C@H]3CCCC[C@@H]3C)c2c1. The molecule has 0 bridgehead atoms. The van der Waals surface area contributed by atoms with E-state index < -0.39 is 0 Å². The predicted octanol–water partition coefficient (Wildman–Crippen LogP) is 5.37. The first kappa shape index (κ1) is 19.8. The second-order valence-electron chi connectivity index (χ2n) is 8.00. The maximum atomic E-state index is 12.2. The van der Waals surface area contributed by atoms with Crippen molar-refractivity contribution in [3.05, 3.63) is 64.4 Å². The Morgan fingerprint density at radius 2 is 2.00 bits per heavy atom. The Balaban J connectivity index is 1.71. The van der Waals surface area contributed by atoms with Crippen LogP contribution in [0.2, 0.25) is 0 Å². The highest BCUT2D eigenvalue weighted by atomic mass is 16.5. The van der Waals surface area contributed by atoms with Gasteiger partial charge in [0.05, 0.1) is 19.4 Å². The van der Waals surface area contributed by atoms with Crippen molar-refractivity contribution in [2.45, 2.75) is 58.7 Å². The molecule has 2 aromatic heterocycles. The minimum absolute atomic E-state index is 0.314. The van der Waals surface area contributed by atoms with Crippen LogP contribution < -0.4 is 10.4 Å². The largest absolute Gasteiger partial charge is 0.494 e. The van der Waals surface area contributed by atoms with Gasteiger partial charge in [-0.25, -0.2) is 4.79 Å². The zero-order valence-electron chi connectivity index (χ0n) is 17.2. The molecule has 0 amide bonds. The van der Waals surface area contributed by atoms with Gasteiger partial charge in [-0.15, -0.1) is 0 Å². The van der Waals surface area contributed by atoms with E-state index in [-0.39, 0.29) is 5.63 Å².